The average Bonchev–Trinajstić information content (AvgIpc) is 2.45. The van der Waals surface area contributed by atoms with Crippen molar-refractivity contribution in [1.82, 2.24) is 5.32 Å². The predicted octanol–water partition coefficient (Wildman–Crippen LogP) is 2.18. The van der Waals surface area contributed by atoms with Crippen LogP contribution in [0.3, 0.4) is 0 Å². The minimum atomic E-state index is -0.919. The number of amides is 1. The van der Waals surface area contributed by atoms with E-state index < -0.39 is 23.2 Å². The number of nitrogens with one attached hydrogen (secondary N) is 2. The SMILES string of the molecule is NNc1c(F)cc(C(=O)NCc2ccccc2)cc1F. The summed E-state index contributed by atoms with van der Waals surface area (Å²) >= 11 is 0. The molecule has 0 aliphatic rings. The molecule has 0 atom stereocenters. The largest absolute Gasteiger partial charge is 0.348 e. The van der Waals surface area contributed by atoms with Crippen molar-refractivity contribution in [2.75, 3.05) is 5.43 Å². The van der Waals surface area contributed by atoms with Gasteiger partial charge < -0.3 is 10.7 Å². The van der Waals surface area contributed by atoms with E-state index in [2.05, 4.69) is 5.32 Å². The highest BCUT2D eigenvalue weighted by Gasteiger charge is 2.14. The fourth-order valence-corrected chi connectivity index (χ4v) is 1.72. The summed E-state index contributed by atoms with van der Waals surface area (Å²) in [5.74, 6) is 2.58. The van der Waals surface area contributed by atoms with Gasteiger partial charge in [-0.1, -0.05) is 30.3 Å². The van der Waals surface area contributed by atoms with Crippen LogP contribution in [0.5, 0.6) is 0 Å². The molecule has 20 heavy (non-hydrogen) atoms. The number of rotatable bonds is 4. The van der Waals surface area contributed by atoms with Crippen molar-refractivity contribution in [1.29, 1.82) is 0 Å². The molecule has 104 valence electrons. The molecule has 0 aromatic heterocycles. The van der Waals surface area contributed by atoms with E-state index in [1.165, 1.54) is 0 Å². The number of anilines is 1. The van der Waals surface area contributed by atoms with Crippen molar-refractivity contribution in [2.24, 2.45) is 5.84 Å². The first-order valence-electron chi connectivity index (χ1n) is 5.89. The van der Waals surface area contributed by atoms with Crippen LogP contribution < -0.4 is 16.6 Å². The Hall–Kier alpha value is -2.47. The van der Waals surface area contributed by atoms with E-state index in [1.807, 2.05) is 35.8 Å². The van der Waals surface area contributed by atoms with Gasteiger partial charge in [-0.3, -0.25) is 10.6 Å². The van der Waals surface area contributed by atoms with Crippen molar-refractivity contribution >= 4 is 11.6 Å². The number of carbonyl (C=O) groups excluding carboxylic acids is 1. The molecule has 4 N–H and O–H groups in total. The lowest BCUT2D eigenvalue weighted by Crippen LogP contribution is -2.23. The highest BCUT2D eigenvalue weighted by molar-refractivity contribution is 5.94. The van der Waals surface area contributed by atoms with E-state index in [9.17, 15) is 13.6 Å². The minimum Gasteiger partial charge on any atom is -0.348 e. The molecule has 0 aliphatic carbocycles. The van der Waals surface area contributed by atoms with Gasteiger partial charge in [0.05, 0.1) is 0 Å². The summed E-state index contributed by atoms with van der Waals surface area (Å²) in [5.41, 5.74) is 2.23. The standard InChI is InChI=1S/C14H13F2N3O/c15-11-6-10(7-12(16)13(11)19-17)14(20)18-8-9-4-2-1-3-5-9/h1-7,19H,8,17H2,(H,18,20). The molecule has 0 heterocycles. The van der Waals surface area contributed by atoms with Crippen LogP contribution in [0.1, 0.15) is 15.9 Å². The van der Waals surface area contributed by atoms with Gasteiger partial charge in [0, 0.05) is 12.1 Å². The van der Waals surface area contributed by atoms with Gasteiger partial charge in [0.15, 0.2) is 11.6 Å². The number of hydrogen-bond acceptors (Lipinski definition) is 3. The quantitative estimate of drug-likeness (QED) is 0.592. The maximum absolute atomic E-state index is 13.5. The smallest absolute Gasteiger partial charge is 0.251 e. The lowest BCUT2D eigenvalue weighted by molar-refractivity contribution is 0.0950. The first-order chi connectivity index (χ1) is 9.61. The van der Waals surface area contributed by atoms with E-state index in [0.29, 0.717) is 0 Å². The summed E-state index contributed by atoms with van der Waals surface area (Å²) in [6.45, 7) is 0.278. The number of hydrazine groups is 1. The topological polar surface area (TPSA) is 67.1 Å². The Labute approximate surface area is 114 Å². The fourth-order valence-electron chi connectivity index (χ4n) is 1.72. The Bertz CT molecular complexity index is 594. The highest BCUT2D eigenvalue weighted by atomic mass is 19.1. The Morgan fingerprint density at radius 2 is 1.70 bits per heavy atom. The van der Waals surface area contributed by atoms with Gasteiger partial charge in [-0.25, -0.2) is 8.78 Å². The van der Waals surface area contributed by atoms with Crippen molar-refractivity contribution in [3.05, 3.63) is 65.2 Å². The molecule has 1 amide bonds. The summed E-state index contributed by atoms with van der Waals surface area (Å²) in [6.07, 6.45) is 0. The van der Waals surface area contributed by atoms with Gasteiger partial charge in [-0.2, -0.15) is 0 Å². The molecule has 0 bridgehead atoms. The Morgan fingerprint density at radius 3 is 2.25 bits per heavy atom. The molecule has 4 nitrogen and oxygen atoms in total. The number of halogens is 2. The van der Waals surface area contributed by atoms with E-state index in [0.717, 1.165) is 17.7 Å². The van der Waals surface area contributed by atoms with Crippen LogP contribution in [0.2, 0.25) is 0 Å². The first kappa shape index (κ1) is 14.0. The summed E-state index contributed by atoms with van der Waals surface area (Å²) in [5, 5.41) is 2.58. The lowest BCUT2D eigenvalue weighted by Gasteiger charge is -2.08. The Kier molecular flexibility index (Phi) is 4.27. The van der Waals surface area contributed by atoms with Crippen LogP contribution in [-0.4, -0.2) is 5.91 Å². The summed E-state index contributed by atoms with van der Waals surface area (Å²) in [6, 6.07) is 11.1. The van der Waals surface area contributed by atoms with E-state index in [4.69, 9.17) is 5.84 Å². The first-order valence-corrected chi connectivity index (χ1v) is 5.89. The van der Waals surface area contributed by atoms with Gasteiger partial charge >= 0.3 is 0 Å². The molecule has 0 saturated carbocycles. The van der Waals surface area contributed by atoms with Crippen molar-refractivity contribution in [2.45, 2.75) is 6.54 Å². The van der Waals surface area contributed by atoms with Gasteiger partial charge in [-0.15, -0.1) is 0 Å². The van der Waals surface area contributed by atoms with Gasteiger partial charge in [-0.05, 0) is 17.7 Å². The predicted molar refractivity (Wildman–Crippen MR) is 71.8 cm³/mol. The summed E-state index contributed by atoms with van der Waals surface area (Å²) in [7, 11) is 0. The molecule has 6 heteroatoms. The molecular weight excluding hydrogens is 264 g/mol. The van der Waals surface area contributed by atoms with Crippen molar-refractivity contribution < 1.29 is 13.6 Å². The lowest BCUT2D eigenvalue weighted by atomic mass is 10.1. The molecule has 0 fully saturated rings. The van der Waals surface area contributed by atoms with E-state index in [1.54, 1.807) is 0 Å². The van der Waals surface area contributed by atoms with Crippen LogP contribution in [0, 0.1) is 11.6 Å². The number of nitrogens with two attached hydrogens (primary N) is 1. The molecule has 0 radical (unpaired) electrons. The molecule has 0 saturated heterocycles. The molecule has 2 aromatic carbocycles. The third kappa shape index (κ3) is 3.10. The molecule has 0 unspecified atom stereocenters. The van der Waals surface area contributed by atoms with Gasteiger partial charge in [0.2, 0.25) is 0 Å². The normalized spacial score (nSPS) is 10.2. The number of nitrogen functional groups attached to an aromatic ring is 1. The Balaban J connectivity index is 2.10. The second-order valence-corrected chi connectivity index (χ2v) is 4.13. The third-order valence-corrected chi connectivity index (χ3v) is 2.74. The highest BCUT2D eigenvalue weighted by Crippen LogP contribution is 2.19. The van der Waals surface area contributed by atoms with Crippen LogP contribution >= 0.6 is 0 Å². The second-order valence-electron chi connectivity index (χ2n) is 4.13. The van der Waals surface area contributed by atoms with E-state index >= 15 is 0 Å². The molecular formula is C14H13F2N3O. The third-order valence-electron chi connectivity index (χ3n) is 2.74. The van der Waals surface area contributed by atoms with Crippen LogP contribution in [0.25, 0.3) is 0 Å². The van der Waals surface area contributed by atoms with Crippen molar-refractivity contribution in [3.8, 4) is 0 Å². The Morgan fingerprint density at radius 1 is 1.10 bits per heavy atom. The molecule has 2 rings (SSSR count). The number of benzene rings is 2. The van der Waals surface area contributed by atoms with Crippen molar-refractivity contribution in [3.63, 3.8) is 0 Å². The van der Waals surface area contributed by atoms with Crippen LogP contribution in [0.4, 0.5) is 14.5 Å². The molecule has 0 aliphatic heterocycles. The summed E-state index contributed by atoms with van der Waals surface area (Å²) < 4.78 is 26.9. The molecule has 2 aromatic rings. The average molecular weight is 277 g/mol. The van der Waals surface area contributed by atoms with Gasteiger partial charge in [0.25, 0.3) is 5.91 Å². The maximum atomic E-state index is 13.5. The fraction of sp³-hybridized carbons (Fsp3) is 0.0714. The zero-order chi connectivity index (χ0) is 14.5. The number of carbonyl (C=O) groups is 1. The zero-order valence-corrected chi connectivity index (χ0v) is 10.5. The monoisotopic (exact) mass is 277 g/mol. The summed E-state index contributed by atoms with van der Waals surface area (Å²) in [4.78, 5) is 11.8. The van der Waals surface area contributed by atoms with Crippen LogP contribution in [-0.2, 0) is 6.54 Å². The number of hydrogen-bond donors (Lipinski definition) is 3. The zero-order valence-electron chi connectivity index (χ0n) is 10.5. The van der Waals surface area contributed by atoms with Crippen LogP contribution in [0.15, 0.2) is 42.5 Å². The molecule has 0 spiro atoms. The van der Waals surface area contributed by atoms with E-state index in [-0.39, 0.29) is 12.1 Å². The van der Waals surface area contributed by atoms with Gasteiger partial charge in [0.1, 0.15) is 5.69 Å². The maximum Gasteiger partial charge on any atom is 0.251 e. The second kappa shape index (κ2) is 6.12. The minimum absolute atomic E-state index is 0.102.